The summed E-state index contributed by atoms with van der Waals surface area (Å²) < 4.78 is 0. The standard InChI is InChI=1S/C13H26N2O2/c1-10(2)12(9-16)15-13(17)7-6-11-5-3-4-8-14-11/h10-12,14,16H,3-9H2,1-2H3,(H,15,17). The monoisotopic (exact) mass is 242 g/mol. The van der Waals surface area contributed by atoms with E-state index in [-0.39, 0.29) is 24.5 Å². The smallest absolute Gasteiger partial charge is 0.220 e. The average Bonchev–Trinajstić information content (AvgIpc) is 2.34. The van der Waals surface area contributed by atoms with Crippen molar-refractivity contribution in [3.05, 3.63) is 0 Å². The van der Waals surface area contributed by atoms with Gasteiger partial charge in [0.1, 0.15) is 0 Å². The van der Waals surface area contributed by atoms with Gasteiger partial charge in [-0.3, -0.25) is 4.79 Å². The molecule has 1 aliphatic rings. The summed E-state index contributed by atoms with van der Waals surface area (Å²) in [5.41, 5.74) is 0. The van der Waals surface area contributed by atoms with Gasteiger partial charge in [-0.05, 0) is 31.7 Å². The number of piperidine rings is 1. The minimum atomic E-state index is -0.109. The van der Waals surface area contributed by atoms with Crippen LogP contribution in [0, 0.1) is 5.92 Å². The van der Waals surface area contributed by atoms with Crippen LogP contribution in [0.5, 0.6) is 0 Å². The average molecular weight is 242 g/mol. The highest BCUT2D eigenvalue weighted by Crippen LogP contribution is 2.11. The van der Waals surface area contributed by atoms with Crippen molar-refractivity contribution >= 4 is 5.91 Å². The first kappa shape index (κ1) is 14.5. The molecule has 2 unspecified atom stereocenters. The number of nitrogens with one attached hydrogen (secondary N) is 2. The summed E-state index contributed by atoms with van der Waals surface area (Å²) in [6.45, 7) is 5.11. The Kier molecular flexibility index (Phi) is 6.52. The normalized spacial score (nSPS) is 22.5. The van der Waals surface area contributed by atoms with E-state index in [2.05, 4.69) is 10.6 Å². The third-order valence-corrected chi connectivity index (χ3v) is 3.48. The van der Waals surface area contributed by atoms with E-state index in [0.717, 1.165) is 13.0 Å². The number of hydrogen-bond donors (Lipinski definition) is 3. The van der Waals surface area contributed by atoms with Crippen molar-refractivity contribution in [2.75, 3.05) is 13.2 Å². The molecule has 0 aromatic heterocycles. The number of rotatable bonds is 6. The van der Waals surface area contributed by atoms with Gasteiger partial charge in [0.25, 0.3) is 0 Å². The molecule has 1 amide bonds. The predicted octanol–water partition coefficient (Wildman–Crippen LogP) is 1.04. The minimum Gasteiger partial charge on any atom is -0.394 e. The van der Waals surface area contributed by atoms with Crippen LogP contribution in [-0.2, 0) is 4.79 Å². The maximum Gasteiger partial charge on any atom is 0.220 e. The van der Waals surface area contributed by atoms with Crippen molar-refractivity contribution in [1.82, 2.24) is 10.6 Å². The lowest BCUT2D eigenvalue weighted by atomic mass is 10.00. The van der Waals surface area contributed by atoms with Crippen molar-refractivity contribution < 1.29 is 9.90 Å². The highest BCUT2D eigenvalue weighted by atomic mass is 16.3. The van der Waals surface area contributed by atoms with Gasteiger partial charge < -0.3 is 15.7 Å². The van der Waals surface area contributed by atoms with Crippen LogP contribution in [-0.4, -0.2) is 36.2 Å². The fraction of sp³-hybridized carbons (Fsp3) is 0.923. The van der Waals surface area contributed by atoms with Gasteiger partial charge in [0.2, 0.25) is 5.91 Å². The molecular weight excluding hydrogens is 216 g/mol. The summed E-state index contributed by atoms with van der Waals surface area (Å²) in [6, 6.07) is 0.392. The van der Waals surface area contributed by atoms with Crippen molar-refractivity contribution in [2.24, 2.45) is 5.92 Å². The molecule has 1 heterocycles. The minimum absolute atomic E-state index is 0.0189. The van der Waals surface area contributed by atoms with Gasteiger partial charge in [-0.2, -0.15) is 0 Å². The Hall–Kier alpha value is -0.610. The van der Waals surface area contributed by atoms with E-state index in [9.17, 15) is 4.79 Å². The van der Waals surface area contributed by atoms with Crippen molar-refractivity contribution in [2.45, 2.75) is 58.0 Å². The summed E-state index contributed by atoms with van der Waals surface area (Å²) in [4.78, 5) is 11.7. The number of amides is 1. The largest absolute Gasteiger partial charge is 0.394 e. The highest BCUT2D eigenvalue weighted by Gasteiger charge is 2.17. The van der Waals surface area contributed by atoms with Gasteiger partial charge in [-0.25, -0.2) is 0 Å². The van der Waals surface area contributed by atoms with E-state index in [1.54, 1.807) is 0 Å². The molecule has 100 valence electrons. The summed E-state index contributed by atoms with van der Waals surface area (Å²) in [5, 5.41) is 15.5. The Bertz CT molecular complexity index is 225. The van der Waals surface area contributed by atoms with Gasteiger partial charge in [-0.15, -0.1) is 0 Å². The van der Waals surface area contributed by atoms with Crippen LogP contribution < -0.4 is 10.6 Å². The zero-order chi connectivity index (χ0) is 12.7. The van der Waals surface area contributed by atoms with Gasteiger partial charge in [0, 0.05) is 12.5 Å². The summed E-state index contributed by atoms with van der Waals surface area (Å²) in [7, 11) is 0. The lowest BCUT2D eigenvalue weighted by molar-refractivity contribution is -0.122. The van der Waals surface area contributed by atoms with Gasteiger partial charge in [-0.1, -0.05) is 20.3 Å². The Morgan fingerprint density at radius 1 is 1.47 bits per heavy atom. The fourth-order valence-electron chi connectivity index (χ4n) is 2.18. The number of aliphatic hydroxyl groups is 1. The van der Waals surface area contributed by atoms with E-state index in [1.807, 2.05) is 13.8 Å². The molecule has 4 nitrogen and oxygen atoms in total. The third-order valence-electron chi connectivity index (χ3n) is 3.48. The molecule has 1 fully saturated rings. The van der Waals surface area contributed by atoms with Crippen molar-refractivity contribution in [3.63, 3.8) is 0 Å². The molecule has 2 atom stereocenters. The molecular formula is C13H26N2O2. The van der Waals surface area contributed by atoms with Crippen LogP contribution in [0.25, 0.3) is 0 Å². The van der Waals surface area contributed by atoms with Gasteiger partial charge in [0.05, 0.1) is 12.6 Å². The molecule has 4 heteroatoms. The Morgan fingerprint density at radius 3 is 2.76 bits per heavy atom. The van der Waals surface area contributed by atoms with E-state index in [1.165, 1.54) is 19.3 Å². The predicted molar refractivity (Wildman–Crippen MR) is 68.7 cm³/mol. The molecule has 1 aliphatic heterocycles. The lowest BCUT2D eigenvalue weighted by Gasteiger charge is -2.24. The second-order valence-electron chi connectivity index (χ2n) is 5.29. The number of hydrogen-bond acceptors (Lipinski definition) is 3. The first-order chi connectivity index (χ1) is 8.13. The zero-order valence-corrected chi connectivity index (χ0v) is 11.0. The van der Waals surface area contributed by atoms with E-state index in [0.29, 0.717) is 12.5 Å². The first-order valence-corrected chi connectivity index (χ1v) is 6.77. The second-order valence-corrected chi connectivity index (χ2v) is 5.29. The quantitative estimate of drug-likeness (QED) is 0.652. The molecule has 1 rings (SSSR count). The maximum absolute atomic E-state index is 11.7. The van der Waals surface area contributed by atoms with Crippen LogP contribution in [0.2, 0.25) is 0 Å². The fourth-order valence-corrected chi connectivity index (χ4v) is 2.18. The van der Waals surface area contributed by atoms with Crippen molar-refractivity contribution in [1.29, 1.82) is 0 Å². The molecule has 0 spiro atoms. The molecule has 0 radical (unpaired) electrons. The molecule has 0 bridgehead atoms. The van der Waals surface area contributed by atoms with Crippen LogP contribution in [0.1, 0.15) is 46.0 Å². The molecule has 0 aromatic rings. The Morgan fingerprint density at radius 2 is 2.24 bits per heavy atom. The highest BCUT2D eigenvalue weighted by molar-refractivity contribution is 5.76. The number of carbonyl (C=O) groups excluding carboxylic acids is 1. The number of carbonyl (C=O) groups is 1. The van der Waals surface area contributed by atoms with Crippen LogP contribution >= 0.6 is 0 Å². The summed E-state index contributed by atoms with van der Waals surface area (Å²) >= 11 is 0. The molecule has 0 saturated carbocycles. The van der Waals surface area contributed by atoms with Gasteiger partial charge in [0.15, 0.2) is 0 Å². The molecule has 3 N–H and O–H groups in total. The second kappa shape index (κ2) is 7.67. The molecule has 17 heavy (non-hydrogen) atoms. The Labute approximate surface area is 104 Å². The maximum atomic E-state index is 11.7. The molecule has 1 saturated heterocycles. The zero-order valence-electron chi connectivity index (χ0n) is 11.0. The van der Waals surface area contributed by atoms with Crippen LogP contribution in [0.3, 0.4) is 0 Å². The van der Waals surface area contributed by atoms with Crippen LogP contribution in [0.15, 0.2) is 0 Å². The van der Waals surface area contributed by atoms with Gasteiger partial charge >= 0.3 is 0 Å². The van der Waals surface area contributed by atoms with E-state index < -0.39 is 0 Å². The van der Waals surface area contributed by atoms with Crippen LogP contribution in [0.4, 0.5) is 0 Å². The number of aliphatic hydroxyl groups excluding tert-OH is 1. The third kappa shape index (κ3) is 5.50. The summed E-state index contributed by atoms with van der Waals surface area (Å²) in [6.07, 6.45) is 5.16. The Balaban J connectivity index is 2.19. The SMILES string of the molecule is CC(C)C(CO)NC(=O)CCC1CCCCN1. The first-order valence-electron chi connectivity index (χ1n) is 6.77. The van der Waals surface area contributed by atoms with Crippen molar-refractivity contribution in [3.8, 4) is 0 Å². The summed E-state index contributed by atoms with van der Waals surface area (Å²) in [5.74, 6) is 0.335. The molecule has 0 aromatic carbocycles. The van der Waals surface area contributed by atoms with E-state index >= 15 is 0 Å². The lowest BCUT2D eigenvalue weighted by Crippen LogP contribution is -2.42. The molecule has 0 aliphatic carbocycles. The van der Waals surface area contributed by atoms with E-state index in [4.69, 9.17) is 5.11 Å². The topological polar surface area (TPSA) is 61.4 Å².